The number of pyridine rings is 1. The number of carbonyl (C=O) groups excluding carboxylic acids is 1. The van der Waals surface area contributed by atoms with Gasteiger partial charge in [0.05, 0.1) is 6.54 Å². The van der Waals surface area contributed by atoms with Crippen LogP contribution >= 0.6 is 0 Å². The zero-order valence-corrected chi connectivity index (χ0v) is 7.87. The Hall–Kier alpha value is -2.02. The Morgan fingerprint density at radius 1 is 1.71 bits per heavy atom. The SMILES string of the molecule is CC#CCNc1ccnc(C(N)=O)c1. The number of carbonyl (C=O) groups is 1. The number of nitrogens with one attached hydrogen (secondary N) is 1. The number of hydrogen-bond donors (Lipinski definition) is 2. The fraction of sp³-hybridized carbons (Fsp3) is 0.200. The average Bonchev–Trinajstić information content (AvgIpc) is 2.19. The lowest BCUT2D eigenvalue weighted by Gasteiger charge is -2.02. The van der Waals surface area contributed by atoms with Crippen LogP contribution in [0.1, 0.15) is 17.4 Å². The van der Waals surface area contributed by atoms with E-state index in [-0.39, 0.29) is 5.69 Å². The summed E-state index contributed by atoms with van der Waals surface area (Å²) in [4.78, 5) is 14.6. The van der Waals surface area contributed by atoms with Crippen LogP contribution in [0.3, 0.4) is 0 Å². The van der Waals surface area contributed by atoms with Crippen molar-refractivity contribution in [3.63, 3.8) is 0 Å². The molecule has 0 fully saturated rings. The second-order valence-corrected chi connectivity index (χ2v) is 2.57. The molecule has 0 saturated carbocycles. The molecule has 72 valence electrons. The highest BCUT2D eigenvalue weighted by molar-refractivity contribution is 5.91. The van der Waals surface area contributed by atoms with Crippen LogP contribution in [0.15, 0.2) is 18.3 Å². The van der Waals surface area contributed by atoms with E-state index in [2.05, 4.69) is 22.1 Å². The molecule has 1 heterocycles. The number of primary amides is 1. The van der Waals surface area contributed by atoms with Gasteiger partial charge in [-0.15, -0.1) is 5.92 Å². The molecule has 0 saturated heterocycles. The topological polar surface area (TPSA) is 68.0 Å². The molecule has 1 aromatic rings. The van der Waals surface area contributed by atoms with E-state index >= 15 is 0 Å². The molecule has 4 nitrogen and oxygen atoms in total. The van der Waals surface area contributed by atoms with Crippen molar-refractivity contribution in [3.8, 4) is 11.8 Å². The van der Waals surface area contributed by atoms with E-state index in [9.17, 15) is 4.79 Å². The summed E-state index contributed by atoms with van der Waals surface area (Å²) in [6.07, 6.45) is 1.53. The molecule has 14 heavy (non-hydrogen) atoms. The second-order valence-electron chi connectivity index (χ2n) is 2.57. The monoisotopic (exact) mass is 189 g/mol. The Balaban J connectivity index is 2.71. The molecule has 0 atom stereocenters. The van der Waals surface area contributed by atoms with Gasteiger partial charge in [0.2, 0.25) is 0 Å². The fourth-order valence-electron chi connectivity index (χ4n) is 0.910. The van der Waals surface area contributed by atoms with Gasteiger partial charge >= 0.3 is 0 Å². The van der Waals surface area contributed by atoms with E-state index in [1.807, 2.05) is 0 Å². The Kier molecular flexibility index (Phi) is 3.50. The van der Waals surface area contributed by atoms with Gasteiger partial charge in [-0.05, 0) is 19.1 Å². The zero-order chi connectivity index (χ0) is 10.4. The first-order valence-electron chi connectivity index (χ1n) is 4.13. The van der Waals surface area contributed by atoms with Crippen molar-refractivity contribution in [3.05, 3.63) is 24.0 Å². The zero-order valence-electron chi connectivity index (χ0n) is 7.87. The molecule has 1 amide bonds. The van der Waals surface area contributed by atoms with Crippen molar-refractivity contribution in [1.82, 2.24) is 4.98 Å². The Bertz CT molecular complexity index is 390. The summed E-state index contributed by atoms with van der Waals surface area (Å²) >= 11 is 0. The summed E-state index contributed by atoms with van der Waals surface area (Å²) < 4.78 is 0. The molecular weight excluding hydrogens is 178 g/mol. The van der Waals surface area contributed by atoms with Gasteiger partial charge in [-0.25, -0.2) is 0 Å². The lowest BCUT2D eigenvalue weighted by Crippen LogP contribution is -2.13. The van der Waals surface area contributed by atoms with Crippen molar-refractivity contribution in [2.75, 3.05) is 11.9 Å². The normalized spacial score (nSPS) is 8.64. The van der Waals surface area contributed by atoms with Gasteiger partial charge in [0.15, 0.2) is 0 Å². The minimum atomic E-state index is -0.532. The third kappa shape index (κ3) is 2.79. The van der Waals surface area contributed by atoms with Gasteiger partial charge in [0.25, 0.3) is 5.91 Å². The molecule has 3 N–H and O–H groups in total. The maximum atomic E-state index is 10.8. The largest absolute Gasteiger partial charge is 0.374 e. The number of hydrogen-bond acceptors (Lipinski definition) is 3. The summed E-state index contributed by atoms with van der Waals surface area (Å²) in [7, 11) is 0. The van der Waals surface area contributed by atoms with Gasteiger partial charge in [0.1, 0.15) is 5.69 Å². The lowest BCUT2D eigenvalue weighted by atomic mass is 10.3. The summed E-state index contributed by atoms with van der Waals surface area (Å²) in [6.45, 7) is 2.31. The molecule has 0 bridgehead atoms. The van der Waals surface area contributed by atoms with E-state index in [1.165, 1.54) is 6.20 Å². The second kappa shape index (κ2) is 4.87. The van der Waals surface area contributed by atoms with Crippen LogP contribution in [0.25, 0.3) is 0 Å². The first kappa shape index (κ1) is 10.1. The molecule has 0 aliphatic carbocycles. The predicted molar refractivity (Wildman–Crippen MR) is 54.7 cm³/mol. The molecule has 0 aliphatic heterocycles. The fourth-order valence-corrected chi connectivity index (χ4v) is 0.910. The molecule has 0 unspecified atom stereocenters. The van der Waals surface area contributed by atoms with Crippen LogP contribution in [0.5, 0.6) is 0 Å². The quantitative estimate of drug-likeness (QED) is 0.685. The van der Waals surface area contributed by atoms with Crippen LogP contribution in [-0.4, -0.2) is 17.4 Å². The van der Waals surface area contributed by atoms with E-state index < -0.39 is 5.91 Å². The van der Waals surface area contributed by atoms with E-state index in [4.69, 9.17) is 5.73 Å². The third-order valence-electron chi connectivity index (χ3n) is 1.57. The van der Waals surface area contributed by atoms with Crippen molar-refractivity contribution >= 4 is 11.6 Å². The van der Waals surface area contributed by atoms with Crippen LogP contribution in [-0.2, 0) is 0 Å². The highest BCUT2D eigenvalue weighted by Gasteiger charge is 2.01. The van der Waals surface area contributed by atoms with E-state index in [1.54, 1.807) is 19.1 Å². The van der Waals surface area contributed by atoms with Crippen molar-refractivity contribution < 1.29 is 4.79 Å². The highest BCUT2D eigenvalue weighted by atomic mass is 16.1. The smallest absolute Gasteiger partial charge is 0.267 e. The molecule has 0 radical (unpaired) electrons. The minimum Gasteiger partial charge on any atom is -0.374 e. The molecule has 0 spiro atoms. The predicted octanol–water partition coefficient (Wildman–Crippen LogP) is 0.616. The van der Waals surface area contributed by atoms with Gasteiger partial charge < -0.3 is 11.1 Å². The molecule has 0 aromatic carbocycles. The van der Waals surface area contributed by atoms with E-state index in [0.29, 0.717) is 6.54 Å². The number of amides is 1. The van der Waals surface area contributed by atoms with Crippen LogP contribution in [0.2, 0.25) is 0 Å². The summed E-state index contributed by atoms with van der Waals surface area (Å²) in [5.41, 5.74) is 6.12. The highest BCUT2D eigenvalue weighted by Crippen LogP contribution is 2.06. The first-order chi connectivity index (χ1) is 6.74. The van der Waals surface area contributed by atoms with E-state index in [0.717, 1.165) is 5.69 Å². The molecule has 1 rings (SSSR count). The Labute approximate surface area is 82.5 Å². The van der Waals surface area contributed by atoms with Crippen LogP contribution in [0, 0.1) is 11.8 Å². The van der Waals surface area contributed by atoms with Crippen LogP contribution in [0.4, 0.5) is 5.69 Å². The summed E-state index contributed by atoms with van der Waals surface area (Å²) in [5.74, 6) is 5.07. The van der Waals surface area contributed by atoms with Gasteiger partial charge in [-0.2, -0.15) is 0 Å². The molecular formula is C10H11N3O. The lowest BCUT2D eigenvalue weighted by molar-refractivity contribution is 0.0995. The van der Waals surface area contributed by atoms with Gasteiger partial charge in [-0.1, -0.05) is 5.92 Å². The number of nitrogens with zero attached hydrogens (tertiary/aromatic N) is 1. The van der Waals surface area contributed by atoms with Crippen LogP contribution < -0.4 is 11.1 Å². The van der Waals surface area contributed by atoms with Gasteiger partial charge in [-0.3, -0.25) is 9.78 Å². The number of rotatable bonds is 3. The summed E-state index contributed by atoms with van der Waals surface area (Å²) in [6, 6.07) is 3.35. The average molecular weight is 189 g/mol. The third-order valence-corrected chi connectivity index (χ3v) is 1.57. The Morgan fingerprint density at radius 2 is 2.50 bits per heavy atom. The number of nitrogens with two attached hydrogens (primary N) is 1. The van der Waals surface area contributed by atoms with Crippen molar-refractivity contribution in [2.24, 2.45) is 5.73 Å². The minimum absolute atomic E-state index is 0.249. The summed E-state index contributed by atoms with van der Waals surface area (Å²) in [5, 5.41) is 3.02. The molecule has 1 aromatic heterocycles. The number of aromatic nitrogens is 1. The molecule has 0 aliphatic rings. The standard InChI is InChI=1S/C10H11N3O/c1-2-3-5-12-8-4-6-13-9(7-8)10(11)14/h4,6-7H,5H2,1H3,(H2,11,14)(H,12,13). The number of anilines is 1. The van der Waals surface area contributed by atoms with Crippen molar-refractivity contribution in [1.29, 1.82) is 0 Å². The Morgan fingerprint density at radius 3 is 3.14 bits per heavy atom. The first-order valence-corrected chi connectivity index (χ1v) is 4.13. The molecule has 4 heteroatoms. The van der Waals surface area contributed by atoms with Gasteiger partial charge in [0, 0.05) is 11.9 Å². The van der Waals surface area contributed by atoms with Crippen molar-refractivity contribution in [2.45, 2.75) is 6.92 Å². The maximum Gasteiger partial charge on any atom is 0.267 e. The maximum absolute atomic E-state index is 10.8.